The van der Waals surface area contributed by atoms with Crippen molar-refractivity contribution >= 4 is 21.9 Å². The maximum atomic E-state index is 9.88. The van der Waals surface area contributed by atoms with Gasteiger partial charge in [-0.25, -0.2) is 4.57 Å². The van der Waals surface area contributed by atoms with Crippen molar-refractivity contribution in [3.8, 4) is 28.5 Å². The van der Waals surface area contributed by atoms with Crippen molar-refractivity contribution in [2.24, 2.45) is 7.05 Å². The number of nitriles is 1. The summed E-state index contributed by atoms with van der Waals surface area (Å²) in [6, 6.07) is 25.2. The van der Waals surface area contributed by atoms with Gasteiger partial charge in [0.25, 0.3) is 0 Å². The molecule has 32 heavy (non-hydrogen) atoms. The lowest BCUT2D eigenvalue weighted by Gasteiger charge is -2.09. The second kappa shape index (κ2) is 7.66. The molecule has 2 aromatic heterocycles. The van der Waals surface area contributed by atoms with Gasteiger partial charge in [-0.2, -0.15) is 5.26 Å². The van der Waals surface area contributed by atoms with Crippen molar-refractivity contribution in [3.63, 3.8) is 0 Å². The molecule has 3 aromatic carbocycles. The van der Waals surface area contributed by atoms with Crippen LogP contribution in [-0.2, 0) is 7.05 Å². The van der Waals surface area contributed by atoms with Crippen LogP contribution in [0.1, 0.15) is 36.5 Å². The smallest absolute Gasteiger partial charge is 0.216 e. The zero-order chi connectivity index (χ0) is 22.4. The third kappa shape index (κ3) is 3.08. The highest BCUT2D eigenvalue weighted by Crippen LogP contribution is 2.41. The number of aromatic nitrogens is 1. The predicted molar refractivity (Wildman–Crippen MR) is 129 cm³/mol. The fourth-order valence-electron chi connectivity index (χ4n) is 4.52. The molecule has 0 aliphatic rings. The first-order valence-electron chi connectivity index (χ1n) is 10.9. The van der Waals surface area contributed by atoms with Crippen LogP contribution in [0.2, 0.25) is 0 Å². The average molecular weight is 418 g/mol. The first-order valence-corrected chi connectivity index (χ1v) is 10.9. The van der Waals surface area contributed by atoms with E-state index in [1.165, 1.54) is 5.56 Å². The Morgan fingerprint density at radius 1 is 0.844 bits per heavy atom. The van der Waals surface area contributed by atoms with Gasteiger partial charge in [-0.1, -0.05) is 50.2 Å². The van der Waals surface area contributed by atoms with Crippen molar-refractivity contribution in [3.05, 3.63) is 89.6 Å². The van der Waals surface area contributed by atoms with E-state index >= 15 is 0 Å². The lowest BCUT2D eigenvalue weighted by atomic mass is 9.94. The first kappa shape index (κ1) is 20.0. The van der Waals surface area contributed by atoms with Crippen LogP contribution in [0, 0.1) is 18.3 Å². The van der Waals surface area contributed by atoms with Crippen LogP contribution >= 0.6 is 0 Å². The van der Waals surface area contributed by atoms with Crippen LogP contribution in [0.15, 0.2) is 77.3 Å². The van der Waals surface area contributed by atoms with E-state index in [-0.39, 0.29) is 0 Å². The number of rotatable bonds is 3. The van der Waals surface area contributed by atoms with Crippen molar-refractivity contribution in [1.29, 1.82) is 5.26 Å². The van der Waals surface area contributed by atoms with E-state index in [4.69, 9.17) is 4.42 Å². The standard InChI is InChI=1S/C29H25N2O/c1-18(2)20-9-11-21(12-10-20)27-22(17-30)13-15-24-23-14-8-19(3)26(28(23)32-29(24)27)25-7-5-6-16-31(25)4/h5-16,18H,1-4H3/q+1. The Balaban J connectivity index is 1.85. The van der Waals surface area contributed by atoms with E-state index in [0.717, 1.165) is 49.9 Å². The normalized spacial score (nSPS) is 11.4. The largest absolute Gasteiger partial charge is 0.454 e. The summed E-state index contributed by atoms with van der Waals surface area (Å²) in [6.07, 6.45) is 2.05. The predicted octanol–water partition coefficient (Wildman–Crippen LogP) is 7.05. The number of fused-ring (bicyclic) bond motifs is 3. The molecule has 0 spiro atoms. The SMILES string of the molecule is Cc1ccc2c(oc3c(-c4ccc(C(C)C)cc4)c(C#N)ccc32)c1-c1cccc[n+]1C. The molecule has 0 fully saturated rings. The van der Waals surface area contributed by atoms with Crippen molar-refractivity contribution in [2.75, 3.05) is 0 Å². The molecule has 0 bridgehead atoms. The molecule has 0 amide bonds. The van der Waals surface area contributed by atoms with Crippen LogP contribution < -0.4 is 4.57 Å². The molecule has 0 aliphatic heterocycles. The highest BCUT2D eigenvalue weighted by Gasteiger charge is 2.22. The Labute approximate surface area is 188 Å². The van der Waals surface area contributed by atoms with E-state index in [1.807, 2.05) is 37.5 Å². The van der Waals surface area contributed by atoms with Gasteiger partial charge in [-0.05, 0) is 47.7 Å². The molecule has 5 rings (SSSR count). The number of benzene rings is 3. The van der Waals surface area contributed by atoms with Gasteiger partial charge in [0.15, 0.2) is 6.20 Å². The molecule has 0 atom stereocenters. The van der Waals surface area contributed by atoms with E-state index in [2.05, 4.69) is 73.9 Å². The Hall–Kier alpha value is -3.90. The van der Waals surface area contributed by atoms with Crippen LogP contribution in [0.25, 0.3) is 44.3 Å². The number of furan rings is 1. The first-order chi connectivity index (χ1) is 15.5. The number of pyridine rings is 1. The molecule has 3 nitrogen and oxygen atoms in total. The third-order valence-corrected chi connectivity index (χ3v) is 6.32. The van der Waals surface area contributed by atoms with Gasteiger partial charge in [0, 0.05) is 28.5 Å². The minimum atomic E-state index is 0.457. The summed E-state index contributed by atoms with van der Waals surface area (Å²) >= 11 is 0. The number of hydrogen-bond acceptors (Lipinski definition) is 2. The molecule has 0 saturated heterocycles. The Morgan fingerprint density at radius 2 is 1.53 bits per heavy atom. The highest BCUT2D eigenvalue weighted by molar-refractivity contribution is 6.13. The lowest BCUT2D eigenvalue weighted by Crippen LogP contribution is -2.30. The zero-order valence-electron chi connectivity index (χ0n) is 18.8. The minimum absolute atomic E-state index is 0.457. The summed E-state index contributed by atoms with van der Waals surface area (Å²) < 4.78 is 8.73. The Morgan fingerprint density at radius 3 is 2.19 bits per heavy atom. The maximum Gasteiger partial charge on any atom is 0.216 e. The number of aryl methyl sites for hydroxylation is 2. The molecule has 0 N–H and O–H groups in total. The molecule has 3 heteroatoms. The summed E-state index contributed by atoms with van der Waals surface area (Å²) in [6.45, 7) is 6.48. The van der Waals surface area contributed by atoms with Crippen LogP contribution in [0.4, 0.5) is 0 Å². The quantitative estimate of drug-likeness (QED) is 0.295. The Kier molecular flexibility index (Phi) is 4.79. The van der Waals surface area contributed by atoms with Gasteiger partial charge in [0.05, 0.1) is 17.2 Å². The second-order valence-electron chi connectivity index (χ2n) is 8.69. The molecule has 0 radical (unpaired) electrons. The number of hydrogen-bond donors (Lipinski definition) is 0. The van der Waals surface area contributed by atoms with Gasteiger partial charge < -0.3 is 4.42 Å². The summed E-state index contributed by atoms with van der Waals surface area (Å²) in [7, 11) is 2.05. The number of nitrogens with zero attached hydrogens (tertiary/aromatic N) is 2. The van der Waals surface area contributed by atoms with E-state index in [0.29, 0.717) is 11.5 Å². The molecular formula is C29H25N2O+. The van der Waals surface area contributed by atoms with Gasteiger partial charge in [0.2, 0.25) is 5.69 Å². The summed E-state index contributed by atoms with van der Waals surface area (Å²) in [5.41, 5.74) is 8.72. The fraction of sp³-hybridized carbons (Fsp3) is 0.172. The van der Waals surface area contributed by atoms with Crippen molar-refractivity contribution in [2.45, 2.75) is 26.7 Å². The second-order valence-corrected chi connectivity index (χ2v) is 8.69. The lowest BCUT2D eigenvalue weighted by molar-refractivity contribution is -0.660. The van der Waals surface area contributed by atoms with Crippen molar-refractivity contribution in [1.82, 2.24) is 0 Å². The molecule has 5 aromatic rings. The molecule has 156 valence electrons. The molecule has 0 saturated carbocycles. The van der Waals surface area contributed by atoms with Gasteiger partial charge in [-0.3, -0.25) is 0 Å². The Bertz CT molecular complexity index is 1520. The van der Waals surface area contributed by atoms with Gasteiger partial charge in [-0.15, -0.1) is 0 Å². The zero-order valence-corrected chi connectivity index (χ0v) is 18.8. The molecule has 0 aliphatic carbocycles. The average Bonchev–Trinajstić information content (AvgIpc) is 3.17. The highest BCUT2D eigenvalue weighted by atomic mass is 16.3. The van der Waals surface area contributed by atoms with E-state index in [1.54, 1.807) is 0 Å². The van der Waals surface area contributed by atoms with Crippen LogP contribution in [-0.4, -0.2) is 0 Å². The monoisotopic (exact) mass is 417 g/mol. The molecular weight excluding hydrogens is 392 g/mol. The van der Waals surface area contributed by atoms with Gasteiger partial charge in [0.1, 0.15) is 18.2 Å². The maximum absolute atomic E-state index is 9.88. The molecule has 2 heterocycles. The summed E-state index contributed by atoms with van der Waals surface area (Å²) in [5.74, 6) is 0.457. The van der Waals surface area contributed by atoms with Crippen LogP contribution in [0.3, 0.4) is 0 Å². The van der Waals surface area contributed by atoms with E-state index in [9.17, 15) is 5.26 Å². The topological polar surface area (TPSA) is 40.8 Å². The van der Waals surface area contributed by atoms with Crippen molar-refractivity contribution < 1.29 is 8.98 Å². The molecule has 0 unspecified atom stereocenters. The third-order valence-electron chi connectivity index (χ3n) is 6.32. The summed E-state index contributed by atoms with van der Waals surface area (Å²) in [4.78, 5) is 0. The summed E-state index contributed by atoms with van der Waals surface area (Å²) in [5, 5.41) is 12.0. The van der Waals surface area contributed by atoms with E-state index < -0.39 is 0 Å². The van der Waals surface area contributed by atoms with Gasteiger partial charge >= 0.3 is 0 Å². The van der Waals surface area contributed by atoms with Crippen LogP contribution in [0.5, 0.6) is 0 Å². The fourth-order valence-corrected chi connectivity index (χ4v) is 4.52. The minimum Gasteiger partial charge on any atom is -0.454 e.